The van der Waals surface area contributed by atoms with E-state index in [2.05, 4.69) is 50.4 Å². The molecule has 1 aromatic heterocycles. The Morgan fingerprint density at radius 3 is 3.00 bits per heavy atom. The van der Waals surface area contributed by atoms with Gasteiger partial charge < -0.3 is 15.4 Å². The largest absolute Gasteiger partial charge is 0.475 e. The van der Waals surface area contributed by atoms with Gasteiger partial charge in [-0.3, -0.25) is 0 Å². The summed E-state index contributed by atoms with van der Waals surface area (Å²) < 4.78 is 5.58. The molecule has 1 aliphatic heterocycles. The van der Waals surface area contributed by atoms with Crippen molar-refractivity contribution in [3.8, 4) is 5.88 Å². The zero-order chi connectivity index (χ0) is 12.3. The van der Waals surface area contributed by atoms with Crippen molar-refractivity contribution in [2.75, 3.05) is 18.5 Å². The lowest BCUT2D eigenvalue weighted by Gasteiger charge is -2.14. The number of hydrogen-bond acceptors (Lipinski definition) is 5. The molecule has 0 spiro atoms. The summed E-state index contributed by atoms with van der Waals surface area (Å²) in [5.41, 5.74) is 1.80. The van der Waals surface area contributed by atoms with E-state index in [1.165, 1.54) is 0 Å². The molecule has 5 nitrogen and oxygen atoms in total. The Morgan fingerprint density at radius 1 is 1.47 bits per heavy atom. The first kappa shape index (κ1) is 12.6. The first-order chi connectivity index (χ1) is 8.20. The standard InChI is InChI=1S/C11H17BrN4O/c1-7(2)14-10-8(5-12)15-9-6-13-3-4-17-11(9)16-10/h7,13H,3-6H2,1-2H3,(H,14,16). The molecule has 1 aromatic rings. The molecule has 0 aromatic carbocycles. The molecule has 0 unspecified atom stereocenters. The van der Waals surface area contributed by atoms with Crippen LogP contribution in [-0.4, -0.2) is 29.2 Å². The third kappa shape index (κ3) is 3.07. The molecule has 2 N–H and O–H groups in total. The third-order valence-corrected chi connectivity index (χ3v) is 2.90. The van der Waals surface area contributed by atoms with Gasteiger partial charge in [-0.05, 0) is 13.8 Å². The fourth-order valence-electron chi connectivity index (χ4n) is 1.63. The number of ether oxygens (including phenoxy) is 1. The number of alkyl halides is 1. The molecule has 0 bridgehead atoms. The van der Waals surface area contributed by atoms with Gasteiger partial charge in [-0.25, -0.2) is 4.98 Å². The fourth-order valence-corrected chi connectivity index (χ4v) is 2.02. The van der Waals surface area contributed by atoms with E-state index in [0.29, 0.717) is 30.4 Å². The average Bonchev–Trinajstić information content (AvgIpc) is 2.51. The van der Waals surface area contributed by atoms with Crippen LogP contribution in [0.1, 0.15) is 25.2 Å². The van der Waals surface area contributed by atoms with Crippen molar-refractivity contribution in [3.05, 3.63) is 11.4 Å². The van der Waals surface area contributed by atoms with Crippen LogP contribution in [0.15, 0.2) is 0 Å². The minimum absolute atomic E-state index is 0.323. The maximum absolute atomic E-state index is 5.58. The number of anilines is 1. The summed E-state index contributed by atoms with van der Waals surface area (Å²) in [6.07, 6.45) is 0. The number of nitrogens with one attached hydrogen (secondary N) is 2. The van der Waals surface area contributed by atoms with E-state index >= 15 is 0 Å². The van der Waals surface area contributed by atoms with Gasteiger partial charge in [0.1, 0.15) is 12.3 Å². The summed E-state index contributed by atoms with van der Waals surface area (Å²) in [5.74, 6) is 1.44. The second-order valence-electron chi connectivity index (χ2n) is 4.23. The molecule has 0 radical (unpaired) electrons. The van der Waals surface area contributed by atoms with E-state index in [0.717, 1.165) is 23.8 Å². The lowest BCUT2D eigenvalue weighted by atomic mass is 10.3. The Balaban J connectivity index is 2.35. The van der Waals surface area contributed by atoms with Crippen LogP contribution in [0, 0.1) is 0 Å². The van der Waals surface area contributed by atoms with Gasteiger partial charge >= 0.3 is 0 Å². The smallest absolute Gasteiger partial charge is 0.239 e. The molecule has 94 valence electrons. The summed E-state index contributed by atoms with van der Waals surface area (Å²) >= 11 is 3.44. The van der Waals surface area contributed by atoms with Crippen molar-refractivity contribution < 1.29 is 4.74 Å². The number of rotatable bonds is 3. The van der Waals surface area contributed by atoms with Gasteiger partial charge in [0.05, 0.1) is 5.69 Å². The highest BCUT2D eigenvalue weighted by Crippen LogP contribution is 2.23. The Labute approximate surface area is 110 Å². The van der Waals surface area contributed by atoms with E-state index in [-0.39, 0.29) is 0 Å². The van der Waals surface area contributed by atoms with Crippen molar-refractivity contribution in [1.29, 1.82) is 0 Å². The van der Waals surface area contributed by atoms with E-state index in [4.69, 9.17) is 4.74 Å². The number of fused-ring (bicyclic) bond motifs is 1. The van der Waals surface area contributed by atoms with Crippen LogP contribution in [0.3, 0.4) is 0 Å². The summed E-state index contributed by atoms with van der Waals surface area (Å²) in [7, 11) is 0. The maximum Gasteiger partial charge on any atom is 0.239 e. The van der Waals surface area contributed by atoms with Gasteiger partial charge in [-0.2, -0.15) is 4.98 Å². The van der Waals surface area contributed by atoms with Crippen LogP contribution in [0.5, 0.6) is 5.88 Å². The van der Waals surface area contributed by atoms with E-state index in [1.807, 2.05) is 0 Å². The lowest BCUT2D eigenvalue weighted by molar-refractivity contribution is 0.313. The minimum Gasteiger partial charge on any atom is -0.475 e. The van der Waals surface area contributed by atoms with Crippen LogP contribution in [0.2, 0.25) is 0 Å². The predicted octanol–water partition coefficient (Wildman–Crippen LogP) is 1.67. The monoisotopic (exact) mass is 300 g/mol. The summed E-state index contributed by atoms with van der Waals surface area (Å²) in [6, 6.07) is 0.323. The van der Waals surface area contributed by atoms with Crippen LogP contribution in [0.25, 0.3) is 0 Å². The molecule has 2 heterocycles. The van der Waals surface area contributed by atoms with Gasteiger partial charge in [-0.15, -0.1) is 0 Å². The number of aromatic nitrogens is 2. The van der Waals surface area contributed by atoms with Gasteiger partial charge in [0.2, 0.25) is 5.88 Å². The van der Waals surface area contributed by atoms with Crippen molar-refractivity contribution in [2.24, 2.45) is 0 Å². The Morgan fingerprint density at radius 2 is 2.29 bits per heavy atom. The number of nitrogens with zero attached hydrogens (tertiary/aromatic N) is 2. The molecule has 17 heavy (non-hydrogen) atoms. The molecule has 0 aliphatic carbocycles. The molecule has 2 rings (SSSR count). The van der Waals surface area contributed by atoms with Gasteiger partial charge in [0.15, 0.2) is 5.82 Å². The molecular formula is C11H17BrN4O. The van der Waals surface area contributed by atoms with E-state index in [9.17, 15) is 0 Å². The van der Waals surface area contributed by atoms with Crippen LogP contribution in [0.4, 0.5) is 5.82 Å². The highest BCUT2D eigenvalue weighted by molar-refractivity contribution is 9.08. The maximum atomic E-state index is 5.58. The Kier molecular flexibility index (Phi) is 4.17. The van der Waals surface area contributed by atoms with Gasteiger partial charge in [-0.1, -0.05) is 15.9 Å². The molecule has 0 fully saturated rings. The number of halogens is 1. The number of hydrogen-bond donors (Lipinski definition) is 2. The average molecular weight is 301 g/mol. The first-order valence-electron chi connectivity index (χ1n) is 5.76. The van der Waals surface area contributed by atoms with E-state index < -0.39 is 0 Å². The molecule has 0 atom stereocenters. The molecular weight excluding hydrogens is 284 g/mol. The highest BCUT2D eigenvalue weighted by Gasteiger charge is 2.16. The quantitative estimate of drug-likeness (QED) is 0.832. The van der Waals surface area contributed by atoms with Crippen LogP contribution >= 0.6 is 15.9 Å². The molecule has 1 aliphatic rings. The zero-order valence-corrected chi connectivity index (χ0v) is 11.7. The molecule has 0 saturated heterocycles. The highest BCUT2D eigenvalue weighted by atomic mass is 79.9. The molecule has 6 heteroatoms. The molecule has 0 saturated carbocycles. The Hall–Kier alpha value is -0.880. The third-order valence-electron chi connectivity index (χ3n) is 2.37. The predicted molar refractivity (Wildman–Crippen MR) is 70.6 cm³/mol. The summed E-state index contributed by atoms with van der Waals surface area (Å²) in [4.78, 5) is 9.10. The van der Waals surface area contributed by atoms with Crippen molar-refractivity contribution >= 4 is 21.7 Å². The van der Waals surface area contributed by atoms with Crippen molar-refractivity contribution in [2.45, 2.75) is 31.8 Å². The van der Waals surface area contributed by atoms with Crippen LogP contribution < -0.4 is 15.4 Å². The first-order valence-corrected chi connectivity index (χ1v) is 6.88. The molecule has 0 amide bonds. The summed E-state index contributed by atoms with van der Waals surface area (Å²) in [6.45, 7) is 6.33. The van der Waals surface area contributed by atoms with Gasteiger partial charge in [0, 0.05) is 24.5 Å². The van der Waals surface area contributed by atoms with E-state index in [1.54, 1.807) is 0 Å². The fraction of sp³-hybridized carbons (Fsp3) is 0.636. The lowest BCUT2D eigenvalue weighted by Crippen LogP contribution is -2.17. The Bertz CT molecular complexity index is 397. The second kappa shape index (κ2) is 5.64. The minimum atomic E-state index is 0.323. The topological polar surface area (TPSA) is 59.1 Å². The normalized spacial score (nSPS) is 15.1. The SMILES string of the molecule is CC(C)Nc1nc2c(nc1CBr)CNCCO2. The van der Waals surface area contributed by atoms with Gasteiger partial charge in [0.25, 0.3) is 0 Å². The second-order valence-corrected chi connectivity index (χ2v) is 4.79. The van der Waals surface area contributed by atoms with Crippen molar-refractivity contribution in [1.82, 2.24) is 15.3 Å². The van der Waals surface area contributed by atoms with Crippen molar-refractivity contribution in [3.63, 3.8) is 0 Å². The zero-order valence-electron chi connectivity index (χ0n) is 10.1. The summed E-state index contributed by atoms with van der Waals surface area (Å²) in [5, 5.41) is 7.23. The van der Waals surface area contributed by atoms with Crippen LogP contribution in [-0.2, 0) is 11.9 Å².